The monoisotopic (exact) mass is 599 g/mol. The summed E-state index contributed by atoms with van der Waals surface area (Å²) in [6.45, 7) is 4.68. The van der Waals surface area contributed by atoms with Crippen molar-refractivity contribution in [1.29, 1.82) is 0 Å². The molecule has 2 unspecified atom stereocenters. The zero-order valence-corrected chi connectivity index (χ0v) is 24.5. The number of imidazole rings is 1. The second kappa shape index (κ2) is 10.3. The van der Waals surface area contributed by atoms with Gasteiger partial charge in [-0.2, -0.15) is 5.10 Å². The molecule has 1 aliphatic carbocycles. The topological polar surface area (TPSA) is 127 Å². The lowest BCUT2D eigenvalue weighted by molar-refractivity contribution is -0.118. The van der Waals surface area contributed by atoms with Crippen LogP contribution < -0.4 is 10.6 Å². The maximum Gasteiger partial charge on any atom is 0.404 e. The van der Waals surface area contributed by atoms with E-state index in [4.69, 9.17) is 10.2 Å². The molecule has 12 heteroatoms. The summed E-state index contributed by atoms with van der Waals surface area (Å²) < 4.78 is 17.8. The minimum absolute atomic E-state index is 0.131. The SMILES string of the molecule is Cc1cc(-c2ccc(C3(CNC(=O)O)CC3)cc2)c(C)c2nn(C(C(=O)Nc3nccs3)c3ncn4c3CC(F)C4)cc12. The van der Waals surface area contributed by atoms with Gasteiger partial charge in [-0.1, -0.05) is 30.3 Å². The Labute approximate surface area is 250 Å². The molecular formula is C31H30FN7O3S. The van der Waals surface area contributed by atoms with Crippen molar-refractivity contribution in [1.82, 2.24) is 29.6 Å². The van der Waals surface area contributed by atoms with Crippen molar-refractivity contribution in [3.8, 4) is 11.1 Å². The molecule has 1 saturated carbocycles. The fraction of sp³-hybridized carbons (Fsp3) is 0.323. The third-order valence-corrected chi connectivity index (χ3v) is 9.43. The van der Waals surface area contributed by atoms with E-state index < -0.39 is 18.3 Å². The lowest BCUT2D eigenvalue weighted by Gasteiger charge is -2.17. The minimum Gasteiger partial charge on any atom is -0.465 e. The normalized spacial score (nSPS) is 17.5. The highest BCUT2D eigenvalue weighted by Crippen LogP contribution is 2.48. The lowest BCUT2D eigenvalue weighted by atomic mass is 9.91. The van der Waals surface area contributed by atoms with E-state index in [2.05, 4.69) is 50.9 Å². The molecule has 2 atom stereocenters. The smallest absolute Gasteiger partial charge is 0.404 e. The Hall–Kier alpha value is -4.58. The maximum absolute atomic E-state index is 14.3. The number of thiazole rings is 1. The highest BCUT2D eigenvalue weighted by Gasteiger charge is 2.44. The van der Waals surface area contributed by atoms with E-state index in [-0.39, 0.29) is 24.3 Å². The fourth-order valence-electron chi connectivity index (χ4n) is 6.23. The molecule has 0 radical (unpaired) electrons. The summed E-state index contributed by atoms with van der Waals surface area (Å²) in [5.41, 5.74) is 6.99. The van der Waals surface area contributed by atoms with Crippen LogP contribution in [-0.2, 0) is 23.2 Å². The van der Waals surface area contributed by atoms with Gasteiger partial charge in [0.1, 0.15) is 6.17 Å². The molecule has 1 fully saturated rings. The van der Waals surface area contributed by atoms with Crippen LogP contribution in [0.3, 0.4) is 0 Å². The molecule has 2 aromatic carbocycles. The van der Waals surface area contributed by atoms with Crippen LogP contribution in [0.15, 0.2) is 54.4 Å². The number of carbonyl (C=O) groups excluding carboxylic acids is 1. The predicted molar refractivity (Wildman–Crippen MR) is 161 cm³/mol. The number of rotatable bonds is 8. The summed E-state index contributed by atoms with van der Waals surface area (Å²) in [5, 5.41) is 22.6. The standard InChI is InChI=1S/C31H30FN7O3S/c1-17-11-22(19-3-5-20(6-4-19)31(7-8-31)15-34-30(41)42)18(2)25-23(17)14-39(37-25)27(28(40)36-29-33-9-10-43-29)26-24-12-21(32)13-38(24)16-35-26/h3-6,9-11,14,16,21,27,34H,7-8,12-13,15H2,1-2H3,(H,41,42)(H,33,36,40). The average Bonchev–Trinajstić information content (AvgIpc) is 3.38. The number of aryl methyl sites for hydroxylation is 2. The van der Waals surface area contributed by atoms with Crippen LogP contribution in [-0.4, -0.2) is 54.1 Å². The molecule has 3 N–H and O–H groups in total. The molecule has 4 heterocycles. The van der Waals surface area contributed by atoms with E-state index in [1.165, 1.54) is 11.3 Å². The lowest BCUT2D eigenvalue weighted by Crippen LogP contribution is -2.30. The summed E-state index contributed by atoms with van der Waals surface area (Å²) in [7, 11) is 0. The van der Waals surface area contributed by atoms with Gasteiger partial charge in [-0.3, -0.25) is 14.8 Å². The number of anilines is 1. The van der Waals surface area contributed by atoms with Gasteiger partial charge in [0.15, 0.2) is 11.2 Å². The molecule has 10 nitrogen and oxygen atoms in total. The van der Waals surface area contributed by atoms with Gasteiger partial charge in [0.2, 0.25) is 0 Å². The first-order chi connectivity index (χ1) is 20.7. The minimum atomic E-state index is -1.02. The first kappa shape index (κ1) is 27.3. The van der Waals surface area contributed by atoms with E-state index >= 15 is 0 Å². The zero-order chi connectivity index (χ0) is 29.9. The number of halogens is 1. The molecule has 43 heavy (non-hydrogen) atoms. The Morgan fingerprint density at radius 1 is 1.21 bits per heavy atom. The molecule has 2 aliphatic rings. The number of carboxylic acid groups (broad SMARTS) is 1. The molecular weight excluding hydrogens is 569 g/mol. The van der Waals surface area contributed by atoms with Crippen molar-refractivity contribution >= 4 is 39.4 Å². The molecule has 2 amide bonds. The molecule has 5 aromatic rings. The zero-order valence-electron chi connectivity index (χ0n) is 23.7. The van der Waals surface area contributed by atoms with Crippen LogP contribution in [0.5, 0.6) is 0 Å². The number of hydrogen-bond acceptors (Lipinski definition) is 6. The van der Waals surface area contributed by atoms with Gasteiger partial charge < -0.3 is 15.0 Å². The number of benzene rings is 2. The molecule has 3 aromatic heterocycles. The Bertz CT molecular complexity index is 1860. The Morgan fingerprint density at radius 3 is 2.70 bits per heavy atom. The van der Waals surface area contributed by atoms with Crippen LogP contribution in [0, 0.1) is 13.8 Å². The molecule has 220 valence electrons. The number of hydrogen-bond donors (Lipinski definition) is 3. The Morgan fingerprint density at radius 2 is 2.00 bits per heavy atom. The number of nitrogens with zero attached hydrogens (tertiary/aromatic N) is 5. The van der Waals surface area contributed by atoms with Crippen molar-refractivity contribution in [2.75, 3.05) is 11.9 Å². The number of alkyl halides is 1. The van der Waals surface area contributed by atoms with Crippen molar-refractivity contribution in [3.05, 3.63) is 82.5 Å². The quantitative estimate of drug-likeness (QED) is 0.219. The van der Waals surface area contributed by atoms with E-state index in [1.54, 1.807) is 27.2 Å². The number of amides is 2. The van der Waals surface area contributed by atoms with Crippen LogP contribution in [0.4, 0.5) is 14.3 Å². The summed E-state index contributed by atoms with van der Waals surface area (Å²) in [5.74, 6) is -0.343. The first-order valence-electron chi connectivity index (χ1n) is 14.2. The number of aromatic nitrogens is 5. The first-order valence-corrected chi connectivity index (χ1v) is 15.1. The highest BCUT2D eigenvalue weighted by atomic mass is 32.1. The number of nitrogens with one attached hydrogen (secondary N) is 2. The van der Waals surface area contributed by atoms with Crippen molar-refractivity contribution in [3.63, 3.8) is 0 Å². The van der Waals surface area contributed by atoms with Gasteiger partial charge in [0.05, 0.1) is 24.1 Å². The third kappa shape index (κ3) is 4.85. The summed E-state index contributed by atoms with van der Waals surface area (Å²) in [6, 6.07) is 9.54. The van der Waals surface area contributed by atoms with Gasteiger partial charge in [-0.25, -0.2) is 19.2 Å². The largest absolute Gasteiger partial charge is 0.465 e. The molecule has 0 spiro atoms. The van der Waals surface area contributed by atoms with Gasteiger partial charge in [-0.05, 0) is 54.5 Å². The Kier molecular flexibility index (Phi) is 6.53. The van der Waals surface area contributed by atoms with E-state index in [0.29, 0.717) is 23.1 Å². The van der Waals surface area contributed by atoms with E-state index in [9.17, 15) is 14.0 Å². The number of fused-ring (bicyclic) bond motifs is 2. The second-order valence-electron chi connectivity index (χ2n) is 11.5. The average molecular weight is 600 g/mol. The van der Waals surface area contributed by atoms with Crippen molar-refractivity contribution in [2.24, 2.45) is 0 Å². The summed E-state index contributed by atoms with van der Waals surface area (Å²) in [6.07, 6.45) is 5.18. The number of carbonyl (C=O) groups is 2. The van der Waals surface area contributed by atoms with Crippen LogP contribution >= 0.6 is 11.3 Å². The van der Waals surface area contributed by atoms with Crippen LogP contribution in [0.1, 0.15) is 47.0 Å². The molecule has 7 rings (SSSR count). The molecule has 0 saturated heterocycles. The Balaban J connectivity index is 1.26. The maximum atomic E-state index is 14.3. The fourth-order valence-corrected chi connectivity index (χ4v) is 6.76. The summed E-state index contributed by atoms with van der Waals surface area (Å²) >= 11 is 1.32. The van der Waals surface area contributed by atoms with E-state index in [0.717, 1.165) is 51.6 Å². The predicted octanol–water partition coefficient (Wildman–Crippen LogP) is 5.39. The highest BCUT2D eigenvalue weighted by molar-refractivity contribution is 7.13. The third-order valence-electron chi connectivity index (χ3n) is 8.74. The van der Waals surface area contributed by atoms with E-state index in [1.807, 2.05) is 20.0 Å². The van der Waals surface area contributed by atoms with Gasteiger partial charge >= 0.3 is 6.09 Å². The molecule has 0 bridgehead atoms. The molecule has 1 aliphatic heterocycles. The van der Waals surface area contributed by atoms with Gasteiger partial charge in [0, 0.05) is 47.2 Å². The van der Waals surface area contributed by atoms with Crippen molar-refractivity contribution in [2.45, 2.75) is 57.3 Å². The van der Waals surface area contributed by atoms with Crippen LogP contribution in [0.2, 0.25) is 0 Å². The summed E-state index contributed by atoms with van der Waals surface area (Å²) in [4.78, 5) is 33.5. The van der Waals surface area contributed by atoms with Crippen molar-refractivity contribution < 1.29 is 19.1 Å². The van der Waals surface area contributed by atoms with Crippen LogP contribution in [0.25, 0.3) is 22.0 Å². The second-order valence-corrected chi connectivity index (χ2v) is 12.4. The van der Waals surface area contributed by atoms with Gasteiger partial charge in [-0.15, -0.1) is 11.3 Å². The van der Waals surface area contributed by atoms with Gasteiger partial charge in [0.25, 0.3) is 5.91 Å².